The molecule has 2 aromatic rings. The Morgan fingerprint density at radius 1 is 1.42 bits per heavy atom. The molecule has 0 fully saturated rings. The molecule has 24 heavy (non-hydrogen) atoms. The smallest absolute Gasteiger partial charge is 0.280 e. The first kappa shape index (κ1) is 16.7. The number of hydrogen-bond donors (Lipinski definition) is 3. The summed E-state index contributed by atoms with van der Waals surface area (Å²) in [6, 6.07) is 3.77. The molecule has 0 radical (unpaired) electrons. The summed E-state index contributed by atoms with van der Waals surface area (Å²) in [4.78, 5) is 25.2. The fraction of sp³-hybridized carbons (Fsp3) is 0.412. The van der Waals surface area contributed by atoms with Gasteiger partial charge in [-0.05, 0) is 50.3 Å². The van der Waals surface area contributed by atoms with E-state index >= 15 is 0 Å². The van der Waals surface area contributed by atoms with Gasteiger partial charge in [0.25, 0.3) is 11.8 Å². The van der Waals surface area contributed by atoms with E-state index in [1.807, 2.05) is 24.4 Å². The summed E-state index contributed by atoms with van der Waals surface area (Å²) in [5, 5.41) is 5.36. The predicted octanol–water partition coefficient (Wildman–Crippen LogP) is 1.58. The first-order chi connectivity index (χ1) is 11.6. The summed E-state index contributed by atoms with van der Waals surface area (Å²) in [6.45, 7) is 2.23. The van der Waals surface area contributed by atoms with Gasteiger partial charge in [-0.2, -0.15) is 0 Å². The number of nitrogens with two attached hydrogens (primary N) is 2. The lowest BCUT2D eigenvalue weighted by molar-refractivity contribution is -0.684. The maximum atomic E-state index is 12.3. The number of amides is 2. The fourth-order valence-electron chi connectivity index (χ4n) is 3.04. The molecule has 2 aromatic heterocycles. The van der Waals surface area contributed by atoms with Crippen LogP contribution in [-0.4, -0.2) is 18.4 Å². The molecule has 1 aliphatic rings. The van der Waals surface area contributed by atoms with E-state index in [1.165, 1.54) is 16.2 Å². The van der Waals surface area contributed by atoms with Gasteiger partial charge in [0, 0.05) is 4.88 Å². The highest BCUT2D eigenvalue weighted by molar-refractivity contribution is 7.17. The number of aryl methyl sites for hydroxylation is 1. The van der Waals surface area contributed by atoms with Crippen molar-refractivity contribution in [3.05, 3.63) is 40.2 Å². The summed E-state index contributed by atoms with van der Waals surface area (Å²) in [7, 11) is 0. The lowest BCUT2D eigenvalue weighted by atomic mass is 9.95. The van der Waals surface area contributed by atoms with Gasteiger partial charge in [-0.3, -0.25) is 9.59 Å². The third kappa shape index (κ3) is 3.52. The van der Waals surface area contributed by atoms with Crippen molar-refractivity contribution in [2.45, 2.75) is 38.6 Å². The van der Waals surface area contributed by atoms with Crippen LogP contribution in [0.15, 0.2) is 22.8 Å². The van der Waals surface area contributed by atoms with Gasteiger partial charge in [0.15, 0.2) is 12.3 Å². The molecule has 128 valence electrons. The van der Waals surface area contributed by atoms with Crippen molar-refractivity contribution in [1.29, 1.82) is 0 Å². The Kier molecular flexibility index (Phi) is 5.01. The second kappa shape index (κ2) is 7.19. The first-order valence-corrected chi connectivity index (χ1v) is 8.99. The highest BCUT2D eigenvalue weighted by atomic mass is 32.1. The molecule has 1 aliphatic carbocycles. The van der Waals surface area contributed by atoms with Crippen molar-refractivity contribution in [3.63, 3.8) is 0 Å². The largest absolute Gasteiger partial charge is 0.463 e. The summed E-state index contributed by atoms with van der Waals surface area (Å²) >= 11 is 1.49. The zero-order valence-electron chi connectivity index (χ0n) is 13.6. The van der Waals surface area contributed by atoms with Crippen molar-refractivity contribution in [3.8, 4) is 0 Å². The van der Waals surface area contributed by atoms with Gasteiger partial charge in [-0.15, -0.1) is 11.3 Å². The molecule has 2 heterocycles. The highest BCUT2D eigenvalue weighted by Crippen LogP contribution is 2.37. The minimum absolute atomic E-state index is 0.0536. The van der Waals surface area contributed by atoms with Crippen LogP contribution in [0.25, 0.3) is 0 Å². The van der Waals surface area contributed by atoms with Crippen LogP contribution in [0.4, 0.5) is 5.00 Å². The van der Waals surface area contributed by atoms with Gasteiger partial charge in [-0.25, -0.2) is 0 Å². The third-order valence-electron chi connectivity index (χ3n) is 4.32. The summed E-state index contributed by atoms with van der Waals surface area (Å²) in [5.41, 5.74) is 7.07. The average Bonchev–Trinajstić information content (AvgIpc) is 3.19. The van der Waals surface area contributed by atoms with Crippen molar-refractivity contribution in [2.24, 2.45) is 5.73 Å². The number of thiophene rings is 1. The van der Waals surface area contributed by atoms with E-state index in [0.29, 0.717) is 10.6 Å². The van der Waals surface area contributed by atoms with Crippen molar-refractivity contribution >= 4 is 28.2 Å². The maximum Gasteiger partial charge on any atom is 0.280 e. The Morgan fingerprint density at radius 3 is 2.92 bits per heavy atom. The number of quaternary nitrogens is 1. The van der Waals surface area contributed by atoms with E-state index < -0.39 is 5.91 Å². The van der Waals surface area contributed by atoms with Gasteiger partial charge in [0.2, 0.25) is 0 Å². The summed E-state index contributed by atoms with van der Waals surface area (Å²) in [5.74, 6) is 0.222. The number of rotatable bonds is 6. The van der Waals surface area contributed by atoms with Crippen LogP contribution in [-0.2, 0) is 17.6 Å². The molecule has 0 unspecified atom stereocenters. The van der Waals surface area contributed by atoms with E-state index in [2.05, 4.69) is 5.32 Å². The van der Waals surface area contributed by atoms with E-state index in [1.54, 1.807) is 6.26 Å². The van der Waals surface area contributed by atoms with Gasteiger partial charge in [0.1, 0.15) is 11.0 Å². The Bertz CT molecular complexity index is 737. The first-order valence-electron chi connectivity index (χ1n) is 8.17. The van der Waals surface area contributed by atoms with Gasteiger partial charge in [-0.1, -0.05) is 0 Å². The molecule has 7 heteroatoms. The normalized spacial score (nSPS) is 14.9. The summed E-state index contributed by atoms with van der Waals surface area (Å²) in [6.07, 6.45) is 5.62. The van der Waals surface area contributed by atoms with Crippen molar-refractivity contribution in [1.82, 2.24) is 0 Å². The number of nitrogens with one attached hydrogen (secondary N) is 1. The molecular weight excluding hydrogens is 326 g/mol. The average molecular weight is 348 g/mol. The number of anilines is 1. The molecular formula is C17H22N3O3S+. The minimum atomic E-state index is -0.461. The lowest BCUT2D eigenvalue weighted by Gasteiger charge is -2.11. The molecule has 2 amide bonds. The quantitative estimate of drug-likeness (QED) is 0.738. The van der Waals surface area contributed by atoms with E-state index in [4.69, 9.17) is 10.2 Å². The molecule has 0 spiro atoms. The standard InChI is InChI=1S/C17H21N3O3S/c1-10(12-6-4-8-23-12)19-9-14(21)20-17-15(16(18)22)11-5-2-3-7-13(11)24-17/h4,6,8,10,19H,2-3,5,7,9H2,1H3,(H2,18,22)(H,20,21)/p+1/t10-/m1/s1. The number of furan rings is 1. The molecule has 3 rings (SSSR count). The van der Waals surface area contributed by atoms with Crippen LogP contribution in [0.3, 0.4) is 0 Å². The van der Waals surface area contributed by atoms with Crippen LogP contribution >= 0.6 is 11.3 Å². The SMILES string of the molecule is C[C@@H]([NH2+]CC(=O)Nc1sc2c(c1C(N)=O)CCCC2)c1ccco1. The number of hydrogen-bond acceptors (Lipinski definition) is 4. The van der Waals surface area contributed by atoms with Crippen LogP contribution in [0.2, 0.25) is 0 Å². The number of primary amides is 1. The van der Waals surface area contributed by atoms with Crippen LogP contribution in [0, 0.1) is 0 Å². The molecule has 0 aromatic carbocycles. The monoisotopic (exact) mass is 348 g/mol. The Morgan fingerprint density at radius 2 is 2.21 bits per heavy atom. The van der Waals surface area contributed by atoms with Gasteiger partial charge < -0.3 is 20.8 Å². The third-order valence-corrected chi connectivity index (χ3v) is 5.53. The summed E-state index contributed by atoms with van der Waals surface area (Å²) < 4.78 is 5.33. The molecule has 0 bridgehead atoms. The fourth-order valence-corrected chi connectivity index (χ4v) is 4.35. The minimum Gasteiger partial charge on any atom is -0.463 e. The Labute approximate surface area is 144 Å². The molecule has 5 N–H and O–H groups in total. The molecule has 6 nitrogen and oxygen atoms in total. The zero-order valence-corrected chi connectivity index (χ0v) is 14.4. The Hall–Kier alpha value is -2.12. The predicted molar refractivity (Wildman–Crippen MR) is 92.0 cm³/mol. The zero-order chi connectivity index (χ0) is 17.1. The number of fused-ring (bicyclic) bond motifs is 1. The molecule has 1 atom stereocenters. The second-order valence-corrected chi connectivity index (χ2v) is 7.18. The number of carbonyl (C=O) groups excluding carboxylic acids is 2. The van der Waals surface area contributed by atoms with Gasteiger partial charge in [0.05, 0.1) is 11.8 Å². The highest BCUT2D eigenvalue weighted by Gasteiger charge is 2.25. The topological polar surface area (TPSA) is 102 Å². The van der Waals surface area contributed by atoms with Crippen LogP contribution < -0.4 is 16.4 Å². The maximum absolute atomic E-state index is 12.3. The van der Waals surface area contributed by atoms with E-state index in [-0.39, 0.29) is 18.5 Å². The van der Waals surface area contributed by atoms with E-state index in [0.717, 1.165) is 37.0 Å². The molecule has 0 saturated carbocycles. The Balaban J connectivity index is 1.66. The second-order valence-electron chi connectivity index (χ2n) is 6.07. The van der Waals surface area contributed by atoms with Crippen molar-refractivity contribution < 1.29 is 19.3 Å². The molecule has 0 saturated heterocycles. The van der Waals surface area contributed by atoms with Crippen molar-refractivity contribution in [2.75, 3.05) is 11.9 Å². The molecule has 0 aliphatic heterocycles. The van der Waals surface area contributed by atoms with E-state index in [9.17, 15) is 9.59 Å². The van der Waals surface area contributed by atoms with Gasteiger partial charge >= 0.3 is 0 Å². The van der Waals surface area contributed by atoms with Crippen LogP contribution in [0.5, 0.6) is 0 Å². The van der Waals surface area contributed by atoms with Crippen LogP contribution in [0.1, 0.15) is 52.4 Å². The lowest BCUT2D eigenvalue weighted by Crippen LogP contribution is -2.86. The number of carbonyl (C=O) groups is 2.